The highest BCUT2D eigenvalue weighted by Crippen LogP contribution is 2.39. The minimum atomic E-state index is -2.57. The Bertz CT molecular complexity index is 394. The fraction of sp³-hybridized carbons (Fsp3) is 0.500. The van der Waals surface area contributed by atoms with Gasteiger partial charge in [-0.2, -0.15) is 0 Å². The number of halogens is 3. The Morgan fingerprint density at radius 1 is 1.38 bits per heavy atom. The number of benzene rings is 1. The van der Waals surface area contributed by atoms with Crippen LogP contribution in [0.1, 0.15) is 25.3 Å². The molecular formula is C12H14BrF2N. The van der Waals surface area contributed by atoms with Gasteiger partial charge < -0.3 is 5.32 Å². The Morgan fingerprint density at radius 3 is 2.75 bits per heavy atom. The second kappa shape index (κ2) is 4.08. The summed E-state index contributed by atoms with van der Waals surface area (Å²) in [6.45, 7) is 2.19. The molecule has 1 aromatic carbocycles. The second-order valence-electron chi connectivity index (χ2n) is 4.55. The van der Waals surface area contributed by atoms with Gasteiger partial charge in [-0.1, -0.05) is 28.1 Å². The third kappa shape index (κ3) is 2.43. The van der Waals surface area contributed by atoms with Gasteiger partial charge in [-0.25, -0.2) is 8.78 Å². The van der Waals surface area contributed by atoms with Gasteiger partial charge in [0.1, 0.15) is 0 Å². The first-order chi connectivity index (χ1) is 7.41. The van der Waals surface area contributed by atoms with E-state index in [9.17, 15) is 8.78 Å². The van der Waals surface area contributed by atoms with Gasteiger partial charge in [0, 0.05) is 29.4 Å². The summed E-state index contributed by atoms with van der Waals surface area (Å²) in [5, 5.41) is 3.19. The zero-order valence-corrected chi connectivity index (χ0v) is 10.7. The Hall–Kier alpha value is -0.480. The third-order valence-electron chi connectivity index (χ3n) is 3.08. The van der Waals surface area contributed by atoms with Gasteiger partial charge in [0.2, 0.25) is 0 Å². The maximum Gasteiger partial charge on any atom is 0.251 e. The van der Waals surface area contributed by atoms with Crippen LogP contribution in [0.3, 0.4) is 0 Å². The molecule has 0 amide bonds. The average Bonchev–Trinajstić information content (AvgIpc) is 2.15. The molecule has 0 saturated carbocycles. The molecule has 0 aromatic heterocycles. The molecule has 4 heteroatoms. The molecule has 1 atom stereocenters. The van der Waals surface area contributed by atoms with Crippen LogP contribution in [0.15, 0.2) is 28.7 Å². The molecule has 1 nitrogen and oxygen atoms in total. The number of nitrogens with one attached hydrogen (secondary N) is 1. The first-order valence-corrected chi connectivity index (χ1v) is 6.10. The largest absolute Gasteiger partial charge is 0.307 e. The van der Waals surface area contributed by atoms with Crippen molar-refractivity contribution in [2.24, 2.45) is 0 Å². The van der Waals surface area contributed by atoms with Gasteiger partial charge in [0.05, 0.1) is 0 Å². The number of piperidine rings is 1. The molecule has 0 bridgehead atoms. The van der Waals surface area contributed by atoms with Gasteiger partial charge >= 0.3 is 0 Å². The van der Waals surface area contributed by atoms with Gasteiger partial charge in [-0.15, -0.1) is 0 Å². The van der Waals surface area contributed by atoms with Crippen molar-refractivity contribution in [3.8, 4) is 0 Å². The quantitative estimate of drug-likeness (QED) is 0.832. The van der Waals surface area contributed by atoms with Gasteiger partial charge in [-0.3, -0.25) is 0 Å². The summed E-state index contributed by atoms with van der Waals surface area (Å²) in [5.74, 6) is -2.57. The van der Waals surface area contributed by atoms with Crippen molar-refractivity contribution < 1.29 is 8.78 Å². The van der Waals surface area contributed by atoms with E-state index in [4.69, 9.17) is 0 Å². The van der Waals surface area contributed by atoms with Crippen molar-refractivity contribution in [3.63, 3.8) is 0 Å². The summed E-state index contributed by atoms with van der Waals surface area (Å²) in [4.78, 5) is 0. The molecule has 0 radical (unpaired) electrons. The predicted octanol–water partition coefficient (Wildman–Crippen LogP) is 3.68. The molecule has 2 rings (SSSR count). The molecule has 1 saturated heterocycles. The monoisotopic (exact) mass is 289 g/mol. The minimum absolute atomic E-state index is 0.0728. The Kier molecular flexibility index (Phi) is 3.05. The summed E-state index contributed by atoms with van der Waals surface area (Å²) >= 11 is 3.37. The maximum absolute atomic E-state index is 13.4. The molecule has 1 aliphatic heterocycles. The van der Waals surface area contributed by atoms with Crippen LogP contribution >= 0.6 is 15.9 Å². The van der Waals surface area contributed by atoms with Crippen molar-refractivity contribution in [2.75, 3.05) is 6.54 Å². The van der Waals surface area contributed by atoms with Crippen LogP contribution in [-0.4, -0.2) is 12.5 Å². The zero-order valence-electron chi connectivity index (χ0n) is 9.06. The van der Waals surface area contributed by atoms with Crippen molar-refractivity contribution in [2.45, 2.75) is 31.2 Å². The standard InChI is InChI=1S/C12H14BrF2N/c1-11(8-12(14,15)5-6-16-11)9-3-2-4-10(13)7-9/h2-4,7,16H,5-6,8H2,1H3. The van der Waals surface area contributed by atoms with E-state index in [0.29, 0.717) is 6.54 Å². The van der Waals surface area contributed by atoms with Crippen LogP contribution in [-0.2, 0) is 5.54 Å². The normalized spacial score (nSPS) is 29.0. The van der Waals surface area contributed by atoms with Crippen molar-refractivity contribution in [1.82, 2.24) is 5.32 Å². The number of rotatable bonds is 1. The summed E-state index contributed by atoms with van der Waals surface area (Å²) < 4.78 is 27.8. The molecular weight excluding hydrogens is 276 g/mol. The van der Waals surface area contributed by atoms with Gasteiger partial charge in [0.15, 0.2) is 0 Å². The first-order valence-electron chi connectivity index (χ1n) is 5.30. The third-order valence-corrected chi connectivity index (χ3v) is 3.57. The molecule has 88 valence electrons. The van der Waals surface area contributed by atoms with E-state index in [0.717, 1.165) is 10.0 Å². The topological polar surface area (TPSA) is 12.0 Å². The SMILES string of the molecule is CC1(c2cccc(Br)c2)CC(F)(F)CCN1. The smallest absolute Gasteiger partial charge is 0.251 e. The Balaban J connectivity index is 2.31. The molecule has 1 N–H and O–H groups in total. The number of hydrogen-bond donors (Lipinski definition) is 1. The molecule has 1 aromatic rings. The van der Waals surface area contributed by atoms with E-state index < -0.39 is 11.5 Å². The first kappa shape index (κ1) is 12.0. The van der Waals surface area contributed by atoms with Crippen LogP contribution in [0, 0.1) is 0 Å². The van der Waals surface area contributed by atoms with E-state index in [2.05, 4.69) is 21.2 Å². The molecule has 0 spiro atoms. The molecule has 1 heterocycles. The van der Waals surface area contributed by atoms with Crippen molar-refractivity contribution in [3.05, 3.63) is 34.3 Å². The lowest BCUT2D eigenvalue weighted by atomic mass is 9.82. The van der Waals surface area contributed by atoms with Gasteiger partial charge in [-0.05, 0) is 24.6 Å². The number of hydrogen-bond acceptors (Lipinski definition) is 1. The van der Waals surface area contributed by atoms with Crippen LogP contribution in [0.25, 0.3) is 0 Å². The van der Waals surface area contributed by atoms with Crippen molar-refractivity contribution >= 4 is 15.9 Å². The molecule has 1 unspecified atom stereocenters. The van der Waals surface area contributed by atoms with Crippen LogP contribution in [0.4, 0.5) is 8.78 Å². The molecule has 1 aliphatic rings. The molecule has 16 heavy (non-hydrogen) atoms. The zero-order chi connectivity index (χ0) is 11.8. The minimum Gasteiger partial charge on any atom is -0.307 e. The number of alkyl halides is 2. The van der Waals surface area contributed by atoms with E-state index in [1.807, 2.05) is 31.2 Å². The molecule has 1 fully saturated rings. The highest BCUT2D eigenvalue weighted by Gasteiger charge is 2.43. The lowest BCUT2D eigenvalue weighted by Gasteiger charge is -2.39. The Labute approximate surface area is 102 Å². The summed E-state index contributed by atoms with van der Waals surface area (Å²) in [5.41, 5.74) is 0.271. The predicted molar refractivity (Wildman–Crippen MR) is 63.7 cm³/mol. The van der Waals surface area contributed by atoms with E-state index in [-0.39, 0.29) is 12.8 Å². The van der Waals surface area contributed by atoms with E-state index in [1.54, 1.807) is 0 Å². The maximum atomic E-state index is 13.4. The van der Waals surface area contributed by atoms with Gasteiger partial charge in [0.25, 0.3) is 5.92 Å². The highest BCUT2D eigenvalue weighted by atomic mass is 79.9. The lowest BCUT2D eigenvalue weighted by molar-refractivity contribution is -0.0611. The second-order valence-corrected chi connectivity index (χ2v) is 5.47. The Morgan fingerprint density at radius 2 is 2.12 bits per heavy atom. The molecule has 0 aliphatic carbocycles. The fourth-order valence-corrected chi connectivity index (χ4v) is 2.62. The summed E-state index contributed by atoms with van der Waals surface area (Å²) in [7, 11) is 0. The highest BCUT2D eigenvalue weighted by molar-refractivity contribution is 9.10. The van der Waals surface area contributed by atoms with E-state index in [1.165, 1.54) is 0 Å². The van der Waals surface area contributed by atoms with Crippen LogP contribution in [0.5, 0.6) is 0 Å². The summed E-state index contributed by atoms with van der Waals surface area (Å²) in [6, 6.07) is 7.56. The van der Waals surface area contributed by atoms with Crippen molar-refractivity contribution in [1.29, 1.82) is 0 Å². The van der Waals surface area contributed by atoms with E-state index >= 15 is 0 Å². The average molecular weight is 290 g/mol. The van der Waals surface area contributed by atoms with Crippen LogP contribution in [0.2, 0.25) is 0 Å². The lowest BCUT2D eigenvalue weighted by Crippen LogP contribution is -2.50. The fourth-order valence-electron chi connectivity index (χ4n) is 2.23. The van der Waals surface area contributed by atoms with Crippen LogP contribution < -0.4 is 5.32 Å². The summed E-state index contributed by atoms with van der Waals surface area (Å²) in [6.07, 6.45) is -0.215.